The number of hydrogen-bond acceptors (Lipinski definition) is 2. The van der Waals surface area contributed by atoms with E-state index in [0.29, 0.717) is 12.6 Å². The zero-order valence-corrected chi connectivity index (χ0v) is 12.4. The highest BCUT2D eigenvalue weighted by molar-refractivity contribution is 5.64. The van der Waals surface area contributed by atoms with Crippen LogP contribution in [0.4, 0.5) is 0 Å². The number of benzene rings is 2. The molecule has 0 atom stereocenters. The van der Waals surface area contributed by atoms with Gasteiger partial charge in [-0.05, 0) is 35.7 Å². The van der Waals surface area contributed by atoms with E-state index >= 15 is 0 Å². The molecule has 0 aromatic heterocycles. The first-order valence-corrected chi connectivity index (χ1v) is 7.16. The summed E-state index contributed by atoms with van der Waals surface area (Å²) < 4.78 is 5.41. The van der Waals surface area contributed by atoms with Gasteiger partial charge in [0.05, 0.1) is 6.61 Å². The summed E-state index contributed by atoms with van der Waals surface area (Å²) in [5.41, 5.74) is 3.67. The minimum Gasteiger partial charge on any atom is -0.493 e. The van der Waals surface area contributed by atoms with Crippen LogP contribution in [0.25, 0.3) is 11.1 Å². The fourth-order valence-electron chi connectivity index (χ4n) is 1.97. The van der Waals surface area contributed by atoms with E-state index in [1.165, 1.54) is 11.1 Å². The molecule has 0 unspecified atom stereocenters. The number of hydrogen-bond donors (Lipinski definition) is 1. The average molecular weight is 268 g/mol. The molecule has 0 bridgehead atoms. The zero-order chi connectivity index (χ0) is 14.4. The van der Waals surface area contributed by atoms with Crippen molar-refractivity contribution in [1.82, 2.24) is 5.32 Å². The molecule has 0 saturated carbocycles. The van der Waals surface area contributed by atoms with Crippen molar-refractivity contribution >= 4 is 0 Å². The second kappa shape index (κ2) is 7.11. The molecule has 1 N–H and O–H groups in total. The van der Waals surface area contributed by atoms with Crippen LogP contribution in [0.1, 0.15) is 26.3 Å². The van der Waals surface area contributed by atoms with Crippen LogP contribution in [0.15, 0.2) is 42.5 Å². The van der Waals surface area contributed by atoms with Gasteiger partial charge in [0.2, 0.25) is 0 Å². The topological polar surface area (TPSA) is 21.3 Å². The third-order valence-corrected chi connectivity index (χ3v) is 3.09. The summed E-state index contributed by atoms with van der Waals surface area (Å²) in [6, 6.07) is 18.3. The Balaban J connectivity index is 2.05. The average Bonchev–Trinajstić information content (AvgIpc) is 2.47. The Morgan fingerprint density at radius 2 is 1.75 bits per heavy atom. The minimum absolute atomic E-state index is 0.510. The van der Waals surface area contributed by atoms with E-state index in [4.69, 9.17) is 4.74 Å². The lowest BCUT2D eigenvalue weighted by atomic mass is 10.0. The molecule has 0 aliphatic carbocycles. The summed E-state index contributed by atoms with van der Waals surface area (Å²) in [4.78, 5) is 0. The third kappa shape index (κ3) is 4.10. The molecule has 20 heavy (non-hydrogen) atoms. The largest absolute Gasteiger partial charge is 0.493 e. The van der Waals surface area contributed by atoms with Crippen LogP contribution in [-0.4, -0.2) is 12.6 Å². The Morgan fingerprint density at radius 3 is 2.30 bits per heavy atom. The first-order valence-electron chi connectivity index (χ1n) is 7.16. The van der Waals surface area contributed by atoms with E-state index < -0.39 is 0 Å². The lowest BCUT2D eigenvalue weighted by molar-refractivity contribution is 0.339. The standard InChI is InChI=1S/C18H22NO/c1-4-20-18-11-9-17(10-12-18)16-7-5-15(6-8-16)13-19-14(2)3/h5-11,14,19H,4,13H2,1-3H3. The number of rotatable bonds is 6. The molecule has 2 aromatic carbocycles. The van der Waals surface area contributed by atoms with Gasteiger partial charge in [-0.3, -0.25) is 0 Å². The maximum Gasteiger partial charge on any atom is 0.127 e. The van der Waals surface area contributed by atoms with Crippen LogP contribution >= 0.6 is 0 Å². The quantitative estimate of drug-likeness (QED) is 0.853. The van der Waals surface area contributed by atoms with Crippen molar-refractivity contribution in [2.24, 2.45) is 0 Å². The summed E-state index contributed by atoms with van der Waals surface area (Å²) in [7, 11) is 0. The first kappa shape index (κ1) is 14.6. The molecule has 0 aliphatic heterocycles. The van der Waals surface area contributed by atoms with Gasteiger partial charge in [-0.15, -0.1) is 0 Å². The fourth-order valence-corrected chi connectivity index (χ4v) is 1.97. The van der Waals surface area contributed by atoms with Gasteiger partial charge in [-0.2, -0.15) is 0 Å². The molecule has 0 amide bonds. The van der Waals surface area contributed by atoms with Gasteiger partial charge in [-0.1, -0.05) is 44.2 Å². The van der Waals surface area contributed by atoms with Crippen LogP contribution in [0, 0.1) is 6.07 Å². The molecule has 2 heteroatoms. The van der Waals surface area contributed by atoms with Crippen molar-refractivity contribution in [1.29, 1.82) is 0 Å². The van der Waals surface area contributed by atoms with Crippen LogP contribution in [0.2, 0.25) is 0 Å². The predicted octanol–water partition coefficient (Wildman–Crippen LogP) is 4.05. The maximum atomic E-state index is 5.41. The van der Waals surface area contributed by atoms with Crippen molar-refractivity contribution in [2.45, 2.75) is 33.4 Å². The molecular weight excluding hydrogens is 246 g/mol. The summed E-state index contributed by atoms with van der Waals surface area (Å²) in [5.74, 6) is 0.800. The van der Waals surface area contributed by atoms with Crippen LogP contribution in [0.5, 0.6) is 5.75 Å². The van der Waals surface area contributed by atoms with Gasteiger partial charge >= 0.3 is 0 Å². The van der Waals surface area contributed by atoms with E-state index in [0.717, 1.165) is 17.9 Å². The van der Waals surface area contributed by atoms with Crippen LogP contribution in [0.3, 0.4) is 0 Å². The molecule has 105 valence electrons. The summed E-state index contributed by atoms with van der Waals surface area (Å²) >= 11 is 0. The summed E-state index contributed by atoms with van der Waals surface area (Å²) in [6.45, 7) is 7.88. The summed E-state index contributed by atoms with van der Waals surface area (Å²) in [6.07, 6.45) is 0. The van der Waals surface area contributed by atoms with E-state index in [2.05, 4.69) is 55.6 Å². The van der Waals surface area contributed by atoms with Gasteiger partial charge in [0.25, 0.3) is 0 Å². The second-order valence-corrected chi connectivity index (χ2v) is 5.11. The normalized spacial score (nSPS) is 10.8. The Bertz CT molecular complexity index is 514. The first-order chi connectivity index (χ1) is 9.69. The molecule has 1 radical (unpaired) electrons. The monoisotopic (exact) mass is 268 g/mol. The lowest BCUT2D eigenvalue weighted by Crippen LogP contribution is -2.21. The molecule has 2 rings (SSSR count). The predicted molar refractivity (Wildman–Crippen MR) is 83.9 cm³/mol. The van der Waals surface area contributed by atoms with Crippen LogP contribution in [-0.2, 0) is 6.54 Å². The molecule has 0 heterocycles. The van der Waals surface area contributed by atoms with E-state index in [-0.39, 0.29) is 0 Å². The Hall–Kier alpha value is -1.80. The highest BCUT2D eigenvalue weighted by atomic mass is 16.5. The van der Waals surface area contributed by atoms with E-state index in [9.17, 15) is 0 Å². The molecule has 0 spiro atoms. The van der Waals surface area contributed by atoms with Crippen molar-refractivity contribution in [2.75, 3.05) is 6.61 Å². The van der Waals surface area contributed by atoms with Gasteiger partial charge in [0.15, 0.2) is 0 Å². The highest BCUT2D eigenvalue weighted by Gasteiger charge is 2.00. The number of nitrogens with one attached hydrogen (secondary N) is 1. The van der Waals surface area contributed by atoms with E-state index in [1.54, 1.807) is 0 Å². The van der Waals surface area contributed by atoms with Crippen LogP contribution < -0.4 is 10.1 Å². The van der Waals surface area contributed by atoms with Gasteiger partial charge in [0.1, 0.15) is 5.75 Å². The molecule has 0 aliphatic rings. The van der Waals surface area contributed by atoms with E-state index in [1.807, 2.05) is 19.1 Å². The minimum atomic E-state index is 0.510. The summed E-state index contributed by atoms with van der Waals surface area (Å²) in [5, 5.41) is 3.42. The Labute approximate surface area is 121 Å². The second-order valence-electron chi connectivity index (χ2n) is 5.11. The van der Waals surface area contributed by atoms with Crippen molar-refractivity contribution < 1.29 is 4.74 Å². The van der Waals surface area contributed by atoms with Crippen molar-refractivity contribution in [3.63, 3.8) is 0 Å². The van der Waals surface area contributed by atoms with Crippen molar-refractivity contribution in [3.05, 3.63) is 54.1 Å². The highest BCUT2D eigenvalue weighted by Crippen LogP contribution is 2.22. The molecule has 2 nitrogen and oxygen atoms in total. The maximum absolute atomic E-state index is 5.41. The molecule has 2 aromatic rings. The Morgan fingerprint density at radius 1 is 1.05 bits per heavy atom. The van der Waals surface area contributed by atoms with Gasteiger partial charge in [-0.25, -0.2) is 0 Å². The zero-order valence-electron chi connectivity index (χ0n) is 12.4. The fraction of sp³-hybridized carbons (Fsp3) is 0.333. The van der Waals surface area contributed by atoms with Gasteiger partial charge in [0, 0.05) is 18.7 Å². The van der Waals surface area contributed by atoms with Gasteiger partial charge < -0.3 is 10.1 Å². The molecule has 0 fully saturated rings. The molecular formula is C18H22NO. The third-order valence-electron chi connectivity index (χ3n) is 3.09. The SMILES string of the molecule is CCOc1[c]cc(-c2ccc(CNC(C)C)cc2)cc1. The Kier molecular flexibility index (Phi) is 5.19. The molecule has 0 saturated heterocycles. The smallest absolute Gasteiger partial charge is 0.127 e. The van der Waals surface area contributed by atoms with Crippen molar-refractivity contribution in [3.8, 4) is 16.9 Å². The number of ether oxygens (including phenoxy) is 1. The lowest BCUT2D eigenvalue weighted by Gasteiger charge is -2.09.